The third-order valence-corrected chi connectivity index (χ3v) is 5.05. The first-order valence-corrected chi connectivity index (χ1v) is 8.08. The average Bonchev–Trinajstić information content (AvgIpc) is 3.08. The summed E-state index contributed by atoms with van der Waals surface area (Å²) in [6.45, 7) is 4.74. The molecule has 0 unspecified atom stereocenters. The van der Waals surface area contributed by atoms with Crippen LogP contribution in [0.25, 0.3) is 0 Å². The highest BCUT2D eigenvalue weighted by atomic mass is 32.1. The van der Waals surface area contributed by atoms with Crippen molar-refractivity contribution in [2.75, 3.05) is 13.1 Å². The lowest BCUT2D eigenvalue weighted by molar-refractivity contribution is -0.130. The molecule has 0 aliphatic carbocycles. The van der Waals surface area contributed by atoms with Crippen molar-refractivity contribution in [1.29, 1.82) is 0 Å². The molecule has 4 nitrogen and oxygen atoms in total. The maximum atomic E-state index is 11.7. The van der Waals surface area contributed by atoms with Crippen LogP contribution in [-0.2, 0) is 11.3 Å². The number of hydrogen-bond acceptors (Lipinski definition) is 4. The summed E-state index contributed by atoms with van der Waals surface area (Å²) in [4.78, 5) is 20.7. The van der Waals surface area contributed by atoms with Gasteiger partial charge in [-0.25, -0.2) is 4.98 Å². The summed E-state index contributed by atoms with van der Waals surface area (Å²) in [6.07, 6.45) is 4.79. The summed E-state index contributed by atoms with van der Waals surface area (Å²) < 4.78 is 0. The minimum Gasteiger partial charge on any atom is -0.338 e. The van der Waals surface area contributed by atoms with Crippen LogP contribution in [0.15, 0.2) is 10.9 Å². The van der Waals surface area contributed by atoms with Crippen LogP contribution in [0, 0.1) is 0 Å². The third-order valence-electron chi connectivity index (χ3n) is 4.41. The van der Waals surface area contributed by atoms with Crippen LogP contribution in [0.5, 0.6) is 0 Å². The van der Waals surface area contributed by atoms with E-state index in [0.717, 1.165) is 32.5 Å². The van der Waals surface area contributed by atoms with Gasteiger partial charge in [-0.15, -0.1) is 11.3 Å². The van der Waals surface area contributed by atoms with E-state index >= 15 is 0 Å². The number of rotatable bonds is 3. The van der Waals surface area contributed by atoms with E-state index in [9.17, 15) is 4.79 Å². The molecule has 2 atom stereocenters. The van der Waals surface area contributed by atoms with Crippen LogP contribution in [-0.4, -0.2) is 45.9 Å². The van der Waals surface area contributed by atoms with Gasteiger partial charge in [-0.1, -0.05) is 0 Å². The van der Waals surface area contributed by atoms with E-state index in [1.54, 1.807) is 18.3 Å². The molecule has 0 saturated carbocycles. The Bertz CT molecular complexity index is 434. The fourth-order valence-corrected chi connectivity index (χ4v) is 4.14. The molecule has 2 aliphatic rings. The second-order valence-electron chi connectivity index (χ2n) is 5.58. The van der Waals surface area contributed by atoms with Crippen LogP contribution in [0.1, 0.15) is 38.3 Å². The third kappa shape index (κ3) is 2.67. The van der Waals surface area contributed by atoms with Crippen LogP contribution in [0.3, 0.4) is 0 Å². The first-order valence-electron chi connectivity index (χ1n) is 7.14. The Labute approximate surface area is 118 Å². The van der Waals surface area contributed by atoms with Crippen molar-refractivity contribution >= 4 is 17.2 Å². The number of aromatic nitrogens is 1. The first-order chi connectivity index (χ1) is 9.25. The molecule has 0 bridgehead atoms. The van der Waals surface area contributed by atoms with Gasteiger partial charge < -0.3 is 4.90 Å². The van der Waals surface area contributed by atoms with E-state index in [1.165, 1.54) is 18.5 Å². The van der Waals surface area contributed by atoms with Crippen molar-refractivity contribution in [3.8, 4) is 0 Å². The summed E-state index contributed by atoms with van der Waals surface area (Å²) in [5, 5.41) is 2.13. The summed E-state index contributed by atoms with van der Waals surface area (Å²) in [6, 6.07) is 0.965. The largest absolute Gasteiger partial charge is 0.338 e. The van der Waals surface area contributed by atoms with E-state index in [-0.39, 0.29) is 5.91 Å². The molecule has 5 heteroatoms. The van der Waals surface area contributed by atoms with Gasteiger partial charge in [0.2, 0.25) is 5.91 Å². The molecule has 1 aromatic heterocycles. The molecule has 104 valence electrons. The van der Waals surface area contributed by atoms with Gasteiger partial charge in [-0.05, 0) is 32.2 Å². The first kappa shape index (κ1) is 13.1. The summed E-state index contributed by atoms with van der Waals surface area (Å²) in [5.41, 5.74) is 3.07. The van der Waals surface area contributed by atoms with Crippen LogP contribution < -0.4 is 0 Å². The minimum absolute atomic E-state index is 0.239. The van der Waals surface area contributed by atoms with Crippen LogP contribution in [0.2, 0.25) is 0 Å². The fourth-order valence-electron chi connectivity index (χ4n) is 3.59. The molecule has 3 rings (SSSR count). The maximum absolute atomic E-state index is 11.7. The van der Waals surface area contributed by atoms with E-state index in [2.05, 4.69) is 20.2 Å². The highest BCUT2D eigenvalue weighted by Gasteiger charge is 2.38. The lowest BCUT2D eigenvalue weighted by atomic mass is 10.0. The molecule has 2 fully saturated rings. The second kappa shape index (κ2) is 5.59. The number of carbonyl (C=O) groups is 1. The van der Waals surface area contributed by atoms with Crippen molar-refractivity contribution in [1.82, 2.24) is 14.8 Å². The monoisotopic (exact) mass is 279 g/mol. The second-order valence-corrected chi connectivity index (χ2v) is 6.30. The smallest absolute Gasteiger partial charge is 0.219 e. The molecule has 3 heterocycles. The van der Waals surface area contributed by atoms with Gasteiger partial charge in [0, 0.05) is 37.5 Å². The van der Waals surface area contributed by atoms with Crippen molar-refractivity contribution in [3.63, 3.8) is 0 Å². The molecule has 2 saturated heterocycles. The SMILES string of the molecule is CC(=O)N1CCC[C@@H]1[C@@H]1CCCN1Cc1cscn1. The Balaban J connectivity index is 1.70. The highest BCUT2D eigenvalue weighted by Crippen LogP contribution is 2.31. The normalized spacial score (nSPS) is 28.2. The Morgan fingerprint density at radius 2 is 2.16 bits per heavy atom. The quantitative estimate of drug-likeness (QED) is 0.850. The van der Waals surface area contributed by atoms with E-state index in [1.807, 2.05) is 5.51 Å². The van der Waals surface area contributed by atoms with Crippen molar-refractivity contribution < 1.29 is 4.79 Å². The van der Waals surface area contributed by atoms with Crippen LogP contribution in [0.4, 0.5) is 0 Å². The molecule has 0 spiro atoms. The lowest BCUT2D eigenvalue weighted by Gasteiger charge is -2.34. The molecule has 2 aliphatic heterocycles. The molecule has 19 heavy (non-hydrogen) atoms. The van der Waals surface area contributed by atoms with Gasteiger partial charge in [-0.2, -0.15) is 0 Å². The van der Waals surface area contributed by atoms with Crippen LogP contribution >= 0.6 is 11.3 Å². The topological polar surface area (TPSA) is 36.4 Å². The van der Waals surface area contributed by atoms with E-state index in [0.29, 0.717) is 12.1 Å². The fraction of sp³-hybridized carbons (Fsp3) is 0.714. The summed E-state index contributed by atoms with van der Waals surface area (Å²) in [7, 11) is 0. The van der Waals surface area contributed by atoms with Gasteiger partial charge in [0.25, 0.3) is 0 Å². The predicted molar refractivity (Wildman–Crippen MR) is 76.0 cm³/mol. The van der Waals surface area contributed by atoms with Crippen molar-refractivity contribution in [2.45, 2.75) is 51.2 Å². The van der Waals surface area contributed by atoms with Gasteiger partial charge >= 0.3 is 0 Å². The number of hydrogen-bond donors (Lipinski definition) is 0. The average molecular weight is 279 g/mol. The zero-order chi connectivity index (χ0) is 13.2. The summed E-state index contributed by atoms with van der Waals surface area (Å²) >= 11 is 1.66. The zero-order valence-electron chi connectivity index (χ0n) is 11.4. The predicted octanol–water partition coefficient (Wildman–Crippen LogP) is 2.12. The Hall–Kier alpha value is -0.940. The molecule has 0 radical (unpaired) electrons. The molecule has 0 N–H and O–H groups in total. The van der Waals surface area contributed by atoms with Gasteiger partial charge in [-0.3, -0.25) is 9.69 Å². The number of likely N-dealkylation sites (tertiary alicyclic amines) is 2. The van der Waals surface area contributed by atoms with Gasteiger partial charge in [0.05, 0.1) is 11.2 Å². The standard InChI is InChI=1S/C14H21N3OS/c1-11(18)17-7-3-5-14(17)13-4-2-6-16(13)8-12-9-19-10-15-12/h9-10,13-14H,2-8H2,1H3/t13-,14+/m0/s1. The lowest BCUT2D eigenvalue weighted by Crippen LogP contribution is -2.47. The van der Waals surface area contributed by atoms with Gasteiger partial charge in [0.15, 0.2) is 0 Å². The minimum atomic E-state index is 0.239. The number of carbonyl (C=O) groups excluding carboxylic acids is 1. The number of thiazole rings is 1. The maximum Gasteiger partial charge on any atom is 0.219 e. The van der Waals surface area contributed by atoms with Crippen molar-refractivity contribution in [3.05, 3.63) is 16.6 Å². The molecule has 0 aromatic carbocycles. The molecular formula is C14H21N3OS. The number of nitrogens with zero attached hydrogens (tertiary/aromatic N) is 3. The molecule has 1 aromatic rings. The highest BCUT2D eigenvalue weighted by molar-refractivity contribution is 7.07. The summed E-state index contributed by atoms with van der Waals surface area (Å²) in [5.74, 6) is 0.239. The Kier molecular flexibility index (Phi) is 3.84. The molecular weight excluding hydrogens is 258 g/mol. The van der Waals surface area contributed by atoms with Gasteiger partial charge in [0.1, 0.15) is 0 Å². The van der Waals surface area contributed by atoms with E-state index in [4.69, 9.17) is 0 Å². The zero-order valence-corrected chi connectivity index (χ0v) is 12.2. The van der Waals surface area contributed by atoms with Crippen molar-refractivity contribution in [2.24, 2.45) is 0 Å². The Morgan fingerprint density at radius 1 is 1.37 bits per heavy atom. The van der Waals surface area contributed by atoms with E-state index < -0.39 is 0 Å². The number of amides is 1. The Morgan fingerprint density at radius 3 is 2.89 bits per heavy atom. The molecule has 1 amide bonds.